The van der Waals surface area contributed by atoms with E-state index in [0.717, 1.165) is 17.0 Å². The maximum Gasteiger partial charge on any atom is 0.416 e. The van der Waals surface area contributed by atoms with Crippen LogP contribution in [0.2, 0.25) is 5.15 Å². The first-order valence-corrected chi connectivity index (χ1v) is 8.54. The van der Waals surface area contributed by atoms with Crippen LogP contribution in [0.1, 0.15) is 26.4 Å². The molecule has 0 unspecified atom stereocenters. The molecule has 4 nitrogen and oxygen atoms in total. The fourth-order valence-corrected chi connectivity index (χ4v) is 3.14. The molecule has 3 rings (SSSR count). The fourth-order valence-electron chi connectivity index (χ4n) is 2.19. The third-order valence-electron chi connectivity index (χ3n) is 3.40. The maximum atomic E-state index is 12.8. The van der Waals surface area contributed by atoms with E-state index in [-0.39, 0.29) is 5.15 Å². The summed E-state index contributed by atoms with van der Waals surface area (Å²) in [6.07, 6.45) is -1.22. The van der Waals surface area contributed by atoms with Gasteiger partial charge < -0.3 is 0 Å². The summed E-state index contributed by atoms with van der Waals surface area (Å²) >= 11 is 6.87. The number of hydrogen-bond donors (Lipinski definition) is 1. The van der Waals surface area contributed by atoms with Crippen molar-refractivity contribution in [3.05, 3.63) is 75.5 Å². The Balaban J connectivity index is 1.68. The van der Waals surface area contributed by atoms with Gasteiger partial charge in [-0.2, -0.15) is 13.2 Å². The molecule has 1 N–H and O–H groups in total. The van der Waals surface area contributed by atoms with Crippen molar-refractivity contribution in [2.75, 3.05) is 5.32 Å². The normalized spacial score (nSPS) is 11.4. The molecular formula is C17H11ClF3N3OS. The van der Waals surface area contributed by atoms with Crippen LogP contribution in [-0.4, -0.2) is 15.9 Å². The zero-order valence-electron chi connectivity index (χ0n) is 13.0. The van der Waals surface area contributed by atoms with Gasteiger partial charge in [0.1, 0.15) is 5.15 Å². The number of nitrogens with zero attached hydrogens (tertiary/aromatic N) is 2. The number of halogens is 4. The predicted molar refractivity (Wildman–Crippen MR) is 93.6 cm³/mol. The van der Waals surface area contributed by atoms with Crippen LogP contribution in [0.15, 0.2) is 48.8 Å². The Morgan fingerprint density at radius 3 is 2.65 bits per heavy atom. The molecule has 0 aliphatic rings. The number of hydrogen-bond acceptors (Lipinski definition) is 4. The molecule has 0 spiro atoms. The van der Waals surface area contributed by atoms with E-state index in [2.05, 4.69) is 15.3 Å². The lowest BCUT2D eigenvalue weighted by Crippen LogP contribution is -2.11. The molecule has 3 aromatic rings. The molecule has 0 saturated heterocycles. The third-order valence-corrected chi connectivity index (χ3v) is 4.53. The summed E-state index contributed by atoms with van der Waals surface area (Å²) in [6, 6.07) is 8.15. The van der Waals surface area contributed by atoms with E-state index >= 15 is 0 Å². The minimum atomic E-state index is -4.38. The van der Waals surface area contributed by atoms with Crippen LogP contribution in [0.3, 0.4) is 0 Å². The van der Waals surface area contributed by atoms with Crippen molar-refractivity contribution in [2.24, 2.45) is 0 Å². The number of pyridine rings is 1. The molecule has 2 heterocycles. The Labute approximate surface area is 155 Å². The average molecular weight is 398 g/mol. The minimum Gasteiger partial charge on any atom is -0.298 e. The number of aromatic nitrogens is 2. The second-order valence-corrected chi connectivity index (χ2v) is 6.83. The Bertz CT molecular complexity index is 926. The van der Waals surface area contributed by atoms with Gasteiger partial charge >= 0.3 is 6.18 Å². The summed E-state index contributed by atoms with van der Waals surface area (Å²) in [6.45, 7) is 0. The number of carbonyl (C=O) groups is 1. The third kappa shape index (κ3) is 4.59. The summed E-state index contributed by atoms with van der Waals surface area (Å²) in [4.78, 5) is 20.7. The minimum absolute atomic E-state index is 0.277. The van der Waals surface area contributed by atoms with Gasteiger partial charge in [-0.25, -0.2) is 9.97 Å². The number of nitrogens with one attached hydrogen (secondary N) is 1. The first-order valence-electron chi connectivity index (χ1n) is 7.35. The van der Waals surface area contributed by atoms with E-state index in [0.29, 0.717) is 22.7 Å². The van der Waals surface area contributed by atoms with Crippen molar-refractivity contribution in [1.29, 1.82) is 0 Å². The number of carbonyl (C=O) groups excluding carboxylic acids is 1. The van der Waals surface area contributed by atoms with Gasteiger partial charge in [0.05, 0.1) is 11.1 Å². The molecule has 134 valence electrons. The highest BCUT2D eigenvalue weighted by Gasteiger charge is 2.30. The zero-order chi connectivity index (χ0) is 18.7. The van der Waals surface area contributed by atoms with Gasteiger partial charge in [-0.15, -0.1) is 11.3 Å². The summed E-state index contributed by atoms with van der Waals surface area (Å²) in [7, 11) is 0. The molecule has 0 atom stereocenters. The van der Waals surface area contributed by atoms with Crippen LogP contribution in [0.4, 0.5) is 18.3 Å². The molecule has 0 aliphatic carbocycles. The first-order chi connectivity index (χ1) is 12.3. The summed E-state index contributed by atoms with van der Waals surface area (Å²) in [5.74, 6) is -0.394. The average Bonchev–Trinajstić information content (AvgIpc) is 3.02. The molecule has 1 aromatic carbocycles. The van der Waals surface area contributed by atoms with Crippen molar-refractivity contribution in [2.45, 2.75) is 12.6 Å². The van der Waals surface area contributed by atoms with Gasteiger partial charge in [-0.1, -0.05) is 29.8 Å². The van der Waals surface area contributed by atoms with Crippen LogP contribution < -0.4 is 5.32 Å². The smallest absolute Gasteiger partial charge is 0.298 e. The predicted octanol–water partition coefficient (Wildman–Crippen LogP) is 5.05. The molecule has 0 aliphatic heterocycles. The fraction of sp³-hybridized carbons (Fsp3) is 0.118. The lowest BCUT2D eigenvalue weighted by Gasteiger charge is -2.07. The van der Waals surface area contributed by atoms with E-state index in [4.69, 9.17) is 11.6 Å². The summed E-state index contributed by atoms with van der Waals surface area (Å²) in [5.41, 5.74) is 0.149. The van der Waals surface area contributed by atoms with Gasteiger partial charge in [-0.3, -0.25) is 10.1 Å². The second kappa shape index (κ2) is 7.43. The van der Waals surface area contributed by atoms with Crippen molar-refractivity contribution in [3.8, 4) is 0 Å². The molecule has 0 saturated carbocycles. The Morgan fingerprint density at radius 1 is 1.15 bits per heavy atom. The number of anilines is 1. The van der Waals surface area contributed by atoms with Crippen LogP contribution in [0.5, 0.6) is 0 Å². The van der Waals surface area contributed by atoms with Crippen LogP contribution in [0.25, 0.3) is 0 Å². The topological polar surface area (TPSA) is 54.9 Å². The Hall–Kier alpha value is -2.45. The maximum absolute atomic E-state index is 12.8. The van der Waals surface area contributed by atoms with E-state index < -0.39 is 17.6 Å². The molecule has 0 radical (unpaired) electrons. The van der Waals surface area contributed by atoms with Gasteiger partial charge in [0, 0.05) is 23.7 Å². The largest absolute Gasteiger partial charge is 0.416 e. The van der Waals surface area contributed by atoms with Gasteiger partial charge in [0.25, 0.3) is 5.91 Å². The van der Waals surface area contributed by atoms with E-state index in [1.165, 1.54) is 41.9 Å². The second-order valence-electron chi connectivity index (χ2n) is 5.33. The number of rotatable bonds is 4. The molecule has 26 heavy (non-hydrogen) atoms. The monoisotopic (exact) mass is 397 g/mol. The standard InChI is InChI=1S/C17H11ClF3N3OS/c18-14-5-4-11(8-22-14)15(25)24-16-23-9-13(26-16)7-10-2-1-3-12(6-10)17(19,20)21/h1-6,8-9H,7H2,(H,23,24,25). The lowest BCUT2D eigenvalue weighted by atomic mass is 10.1. The van der Waals surface area contributed by atoms with E-state index in [1.54, 1.807) is 6.07 Å². The molecule has 0 fully saturated rings. The number of alkyl halides is 3. The van der Waals surface area contributed by atoms with Crippen molar-refractivity contribution in [3.63, 3.8) is 0 Å². The molecule has 1 amide bonds. The summed E-state index contributed by atoms with van der Waals surface area (Å²) < 4.78 is 38.3. The van der Waals surface area contributed by atoms with Crippen molar-refractivity contribution in [1.82, 2.24) is 9.97 Å². The SMILES string of the molecule is O=C(Nc1ncc(Cc2cccc(C(F)(F)F)c2)s1)c1ccc(Cl)nc1. The van der Waals surface area contributed by atoms with Gasteiger partial charge in [0.15, 0.2) is 5.13 Å². The van der Waals surface area contributed by atoms with Gasteiger partial charge in [-0.05, 0) is 23.8 Å². The highest BCUT2D eigenvalue weighted by atomic mass is 35.5. The van der Waals surface area contributed by atoms with Crippen molar-refractivity contribution >= 4 is 34.0 Å². The molecular weight excluding hydrogens is 387 g/mol. The highest BCUT2D eigenvalue weighted by Crippen LogP contribution is 2.30. The van der Waals surface area contributed by atoms with Crippen LogP contribution in [-0.2, 0) is 12.6 Å². The number of benzene rings is 1. The number of amides is 1. The summed E-state index contributed by atoms with van der Waals surface area (Å²) in [5, 5.41) is 3.26. The quantitative estimate of drug-likeness (QED) is 0.626. The molecule has 9 heteroatoms. The highest BCUT2D eigenvalue weighted by molar-refractivity contribution is 7.15. The Morgan fingerprint density at radius 2 is 1.96 bits per heavy atom. The Kier molecular flexibility index (Phi) is 5.24. The van der Waals surface area contributed by atoms with Crippen LogP contribution in [0, 0.1) is 0 Å². The van der Waals surface area contributed by atoms with E-state index in [1.807, 2.05) is 0 Å². The molecule has 2 aromatic heterocycles. The number of thiazole rings is 1. The van der Waals surface area contributed by atoms with Crippen LogP contribution >= 0.6 is 22.9 Å². The zero-order valence-corrected chi connectivity index (χ0v) is 14.6. The first kappa shape index (κ1) is 18.3. The van der Waals surface area contributed by atoms with Gasteiger partial charge in [0.2, 0.25) is 0 Å². The van der Waals surface area contributed by atoms with E-state index in [9.17, 15) is 18.0 Å². The van der Waals surface area contributed by atoms with Crippen molar-refractivity contribution < 1.29 is 18.0 Å². The lowest BCUT2D eigenvalue weighted by molar-refractivity contribution is -0.137. The molecule has 0 bridgehead atoms.